The maximum absolute atomic E-state index is 13.5. The second kappa shape index (κ2) is 10.8. The first-order valence-corrected chi connectivity index (χ1v) is 9.03. The molecule has 2 N–H and O–H groups in total. The molecule has 3 amide bonds. The highest BCUT2D eigenvalue weighted by molar-refractivity contribution is 5.95. The first kappa shape index (κ1) is 21.1. The Morgan fingerprint density at radius 3 is 2.46 bits per heavy atom. The molecule has 2 rings (SSSR count). The van der Waals surface area contributed by atoms with E-state index in [2.05, 4.69) is 16.7 Å². The predicted octanol–water partition coefficient (Wildman–Crippen LogP) is 2.94. The van der Waals surface area contributed by atoms with E-state index in [0.29, 0.717) is 25.2 Å². The molecule has 0 aliphatic rings. The molecule has 0 spiro atoms. The number of nitrogens with one attached hydrogen (secondary N) is 2. The summed E-state index contributed by atoms with van der Waals surface area (Å²) in [5.41, 5.74) is 2.17. The summed E-state index contributed by atoms with van der Waals surface area (Å²) in [6, 6.07) is 14.7. The number of nitrogens with zero attached hydrogens (tertiary/aromatic N) is 2. The van der Waals surface area contributed by atoms with Crippen molar-refractivity contribution in [2.45, 2.75) is 26.4 Å². The second-order valence-electron chi connectivity index (χ2n) is 6.39. The minimum atomic E-state index is -0.532. The molecule has 0 radical (unpaired) electrons. The second-order valence-corrected chi connectivity index (χ2v) is 6.39. The molecule has 0 fully saturated rings. The number of nitriles is 1. The van der Waals surface area contributed by atoms with E-state index in [1.807, 2.05) is 19.1 Å². The van der Waals surface area contributed by atoms with Crippen LogP contribution in [0, 0.1) is 17.1 Å². The Kier molecular flexibility index (Phi) is 8.12. The number of benzene rings is 2. The largest absolute Gasteiger partial charge is 0.338 e. The standard InChI is InChI=1S/C21H23FN4O2/c1-2-10-24-21(28)25-20(27)15-26(14-18-4-3-5-19(22)11-18)13-17-8-6-16(12-23)7-9-17/h3-9,11H,2,10,13-15H2,1H3,(H2,24,25,27,28). The molecule has 28 heavy (non-hydrogen) atoms. The fourth-order valence-corrected chi connectivity index (χ4v) is 2.66. The lowest BCUT2D eigenvalue weighted by Gasteiger charge is -2.22. The van der Waals surface area contributed by atoms with Crippen molar-refractivity contribution in [1.82, 2.24) is 15.5 Å². The zero-order valence-electron chi connectivity index (χ0n) is 15.7. The number of halogens is 1. The summed E-state index contributed by atoms with van der Waals surface area (Å²) in [6.07, 6.45) is 0.770. The van der Waals surface area contributed by atoms with Gasteiger partial charge in [0.05, 0.1) is 18.2 Å². The molecule has 0 heterocycles. The van der Waals surface area contributed by atoms with E-state index in [9.17, 15) is 14.0 Å². The molecule has 0 unspecified atom stereocenters. The Balaban J connectivity index is 2.07. The van der Waals surface area contributed by atoms with Gasteiger partial charge in [0, 0.05) is 19.6 Å². The van der Waals surface area contributed by atoms with Crippen LogP contribution in [0.1, 0.15) is 30.0 Å². The lowest BCUT2D eigenvalue weighted by molar-refractivity contribution is -0.121. The van der Waals surface area contributed by atoms with E-state index >= 15 is 0 Å². The number of urea groups is 1. The van der Waals surface area contributed by atoms with Gasteiger partial charge in [0.25, 0.3) is 0 Å². The minimum absolute atomic E-state index is 0.0317. The molecule has 0 atom stereocenters. The van der Waals surface area contributed by atoms with E-state index in [1.54, 1.807) is 29.2 Å². The van der Waals surface area contributed by atoms with Crippen molar-refractivity contribution >= 4 is 11.9 Å². The number of hydrogen-bond donors (Lipinski definition) is 2. The lowest BCUT2D eigenvalue weighted by Crippen LogP contribution is -2.44. The maximum Gasteiger partial charge on any atom is 0.321 e. The van der Waals surface area contributed by atoms with Crippen molar-refractivity contribution in [2.24, 2.45) is 0 Å². The van der Waals surface area contributed by atoms with Crippen LogP contribution in [-0.4, -0.2) is 29.9 Å². The van der Waals surface area contributed by atoms with Crippen LogP contribution in [0.25, 0.3) is 0 Å². The van der Waals surface area contributed by atoms with Crippen LogP contribution in [0.3, 0.4) is 0 Å². The van der Waals surface area contributed by atoms with E-state index < -0.39 is 11.9 Å². The molecule has 0 saturated carbocycles. The van der Waals surface area contributed by atoms with Gasteiger partial charge in [-0.1, -0.05) is 31.2 Å². The third-order valence-corrected chi connectivity index (χ3v) is 3.94. The summed E-state index contributed by atoms with van der Waals surface area (Å²) in [4.78, 5) is 25.7. The average molecular weight is 382 g/mol. The van der Waals surface area contributed by atoms with Crippen LogP contribution in [0.5, 0.6) is 0 Å². The highest BCUT2D eigenvalue weighted by atomic mass is 19.1. The Hall–Kier alpha value is -3.24. The highest BCUT2D eigenvalue weighted by Crippen LogP contribution is 2.12. The Morgan fingerprint density at radius 2 is 1.82 bits per heavy atom. The van der Waals surface area contributed by atoms with Crippen LogP contribution in [-0.2, 0) is 17.9 Å². The van der Waals surface area contributed by atoms with Crippen LogP contribution >= 0.6 is 0 Å². The molecule has 0 aliphatic carbocycles. The quantitative estimate of drug-likeness (QED) is 0.735. The van der Waals surface area contributed by atoms with Crippen molar-refractivity contribution in [3.63, 3.8) is 0 Å². The SMILES string of the molecule is CCCNC(=O)NC(=O)CN(Cc1ccc(C#N)cc1)Cc1cccc(F)c1. The first-order valence-electron chi connectivity index (χ1n) is 9.03. The van der Waals surface area contributed by atoms with Crippen molar-refractivity contribution in [1.29, 1.82) is 5.26 Å². The summed E-state index contributed by atoms with van der Waals surface area (Å²) in [5.74, 6) is -0.794. The van der Waals surface area contributed by atoms with Crippen LogP contribution in [0.15, 0.2) is 48.5 Å². The van der Waals surface area contributed by atoms with Crippen LogP contribution in [0.2, 0.25) is 0 Å². The van der Waals surface area contributed by atoms with Gasteiger partial charge in [-0.25, -0.2) is 9.18 Å². The summed E-state index contributed by atoms with van der Waals surface area (Å²) < 4.78 is 13.5. The third kappa shape index (κ3) is 7.17. The van der Waals surface area contributed by atoms with Crippen molar-refractivity contribution < 1.29 is 14.0 Å². The van der Waals surface area contributed by atoms with Crippen LogP contribution in [0.4, 0.5) is 9.18 Å². The Bertz CT molecular complexity index is 846. The fraction of sp³-hybridized carbons (Fsp3) is 0.286. The summed E-state index contributed by atoms with van der Waals surface area (Å²) in [5, 5.41) is 13.8. The molecule has 6 nitrogen and oxygen atoms in total. The van der Waals surface area contributed by atoms with Crippen molar-refractivity contribution in [3.05, 3.63) is 71.0 Å². The lowest BCUT2D eigenvalue weighted by atomic mass is 10.1. The van der Waals surface area contributed by atoms with Gasteiger partial charge in [-0.05, 0) is 41.8 Å². The molecule has 0 aliphatic heterocycles. The normalized spacial score (nSPS) is 10.4. The molecule has 2 aromatic rings. The molecule has 0 bridgehead atoms. The number of hydrogen-bond acceptors (Lipinski definition) is 4. The predicted molar refractivity (Wildman–Crippen MR) is 104 cm³/mol. The van der Waals surface area contributed by atoms with Gasteiger partial charge in [-0.2, -0.15) is 5.26 Å². The van der Waals surface area contributed by atoms with Gasteiger partial charge in [-0.3, -0.25) is 15.0 Å². The van der Waals surface area contributed by atoms with Crippen molar-refractivity contribution in [3.8, 4) is 6.07 Å². The first-order chi connectivity index (χ1) is 13.5. The van der Waals surface area contributed by atoms with Gasteiger partial charge in [0.15, 0.2) is 0 Å². The zero-order valence-corrected chi connectivity index (χ0v) is 15.7. The number of amides is 3. The molecular weight excluding hydrogens is 359 g/mol. The molecule has 2 aromatic carbocycles. The minimum Gasteiger partial charge on any atom is -0.338 e. The topological polar surface area (TPSA) is 85.2 Å². The van der Waals surface area contributed by atoms with E-state index in [4.69, 9.17) is 5.26 Å². The third-order valence-electron chi connectivity index (χ3n) is 3.94. The van der Waals surface area contributed by atoms with E-state index in [1.165, 1.54) is 12.1 Å². The molecule has 146 valence electrons. The molecule has 0 aromatic heterocycles. The van der Waals surface area contributed by atoms with E-state index in [-0.39, 0.29) is 12.4 Å². The fourth-order valence-electron chi connectivity index (χ4n) is 2.66. The van der Waals surface area contributed by atoms with Gasteiger partial charge < -0.3 is 5.32 Å². The number of carbonyl (C=O) groups is 2. The Morgan fingerprint density at radius 1 is 1.11 bits per heavy atom. The Labute approximate surface area is 164 Å². The smallest absolute Gasteiger partial charge is 0.321 e. The van der Waals surface area contributed by atoms with Gasteiger partial charge in [-0.15, -0.1) is 0 Å². The summed E-state index contributed by atoms with van der Waals surface area (Å²) >= 11 is 0. The number of rotatable bonds is 8. The van der Waals surface area contributed by atoms with Gasteiger partial charge >= 0.3 is 6.03 Å². The van der Waals surface area contributed by atoms with Gasteiger partial charge in [0.2, 0.25) is 5.91 Å². The number of carbonyl (C=O) groups excluding carboxylic acids is 2. The number of imide groups is 1. The maximum atomic E-state index is 13.5. The summed E-state index contributed by atoms with van der Waals surface area (Å²) in [6.45, 7) is 3.11. The summed E-state index contributed by atoms with van der Waals surface area (Å²) in [7, 11) is 0. The monoisotopic (exact) mass is 382 g/mol. The molecule has 0 saturated heterocycles. The van der Waals surface area contributed by atoms with Gasteiger partial charge in [0.1, 0.15) is 5.82 Å². The molecular formula is C21H23FN4O2. The average Bonchev–Trinajstić information content (AvgIpc) is 2.66. The van der Waals surface area contributed by atoms with Crippen LogP contribution < -0.4 is 10.6 Å². The van der Waals surface area contributed by atoms with E-state index in [0.717, 1.165) is 17.5 Å². The zero-order chi connectivity index (χ0) is 20.4. The van der Waals surface area contributed by atoms with Crippen molar-refractivity contribution in [2.75, 3.05) is 13.1 Å². The highest BCUT2D eigenvalue weighted by Gasteiger charge is 2.15. The molecule has 7 heteroatoms.